The highest BCUT2D eigenvalue weighted by atomic mass is 32.1. The van der Waals surface area contributed by atoms with Gasteiger partial charge in [0.1, 0.15) is 0 Å². The van der Waals surface area contributed by atoms with Crippen LogP contribution in [-0.4, -0.2) is 9.13 Å². The van der Waals surface area contributed by atoms with Gasteiger partial charge in [0.2, 0.25) is 0 Å². The molecule has 564 valence electrons. The molecule has 0 radical (unpaired) electrons. The van der Waals surface area contributed by atoms with Crippen molar-refractivity contribution in [3.05, 3.63) is 492 Å². The van der Waals surface area contributed by atoms with Crippen molar-refractivity contribution in [2.45, 2.75) is 30.1 Å². The Morgan fingerprint density at radius 1 is 0.225 bits per heavy atom. The SMILES string of the molecule is CC1(C)c2ccccc2-c2cccc(C3(c4ccc5ccccc5c4)c4ccccc4N(c4ccc(-n5c6ccccc6c6ccccc65)cc4)c4ccccc43)c21.c1ccc(-n2c3ccccc3c3cc(-c4cccc(N5c6ccccc6C(c6ccc7ccccc7c6)(c6cccc7c6sc6ccccc67)c6ccccc65)c4)ccc32)cc1. The maximum Gasteiger partial charge on any atom is 0.0756 e. The van der Waals surface area contributed by atoms with Crippen LogP contribution in [0.4, 0.5) is 34.1 Å². The van der Waals surface area contributed by atoms with Crippen LogP contribution in [0.1, 0.15) is 69.5 Å². The predicted molar refractivity (Wildman–Crippen MR) is 506 cm³/mol. The van der Waals surface area contributed by atoms with Crippen molar-refractivity contribution in [3.63, 3.8) is 0 Å². The Bertz CT molecular complexity index is 7780. The zero-order valence-corrected chi connectivity index (χ0v) is 67.1. The quantitative estimate of drug-likeness (QED) is 0.143. The third kappa shape index (κ3) is 10.2. The first-order valence-electron chi connectivity index (χ1n) is 41.7. The zero-order valence-electron chi connectivity index (χ0n) is 66.3. The Kier molecular flexibility index (Phi) is 15.7. The Hall–Kier alpha value is -14.9. The van der Waals surface area contributed by atoms with Gasteiger partial charge in [-0.25, -0.2) is 0 Å². The topological polar surface area (TPSA) is 16.3 Å². The lowest BCUT2D eigenvalue weighted by Gasteiger charge is -2.48. The van der Waals surface area contributed by atoms with Gasteiger partial charge >= 0.3 is 0 Å². The van der Waals surface area contributed by atoms with E-state index in [1.165, 1.54) is 192 Å². The van der Waals surface area contributed by atoms with Gasteiger partial charge in [0.15, 0.2) is 0 Å². The molecule has 3 aromatic heterocycles. The molecule has 19 aromatic carbocycles. The second-order valence-electron chi connectivity index (χ2n) is 32.9. The fraction of sp³-hybridized carbons (Fsp3) is 0.0435. The maximum absolute atomic E-state index is 2.50. The summed E-state index contributed by atoms with van der Waals surface area (Å²) < 4.78 is 7.41. The highest BCUT2D eigenvalue weighted by molar-refractivity contribution is 7.26. The molecule has 0 saturated heterocycles. The number of aromatic nitrogens is 2. The number of hydrogen-bond acceptors (Lipinski definition) is 3. The average molecular weight is 1550 g/mol. The molecule has 0 atom stereocenters. The van der Waals surface area contributed by atoms with Crippen LogP contribution in [0.25, 0.3) is 119 Å². The first-order chi connectivity index (χ1) is 59.3. The Morgan fingerprint density at radius 2 is 0.617 bits per heavy atom. The largest absolute Gasteiger partial charge is 0.310 e. The van der Waals surface area contributed by atoms with Crippen LogP contribution < -0.4 is 9.80 Å². The number of fused-ring (bicyclic) bond motifs is 18. The minimum atomic E-state index is -0.624. The lowest BCUT2D eigenvalue weighted by atomic mass is 9.59. The van der Waals surface area contributed by atoms with E-state index in [1.807, 2.05) is 11.3 Å². The van der Waals surface area contributed by atoms with Gasteiger partial charge in [-0.3, -0.25) is 0 Å². The summed E-state index contributed by atoms with van der Waals surface area (Å²) in [5.41, 5.74) is 30.7. The van der Waals surface area contributed by atoms with Gasteiger partial charge in [-0.05, 0) is 221 Å². The average Bonchev–Trinajstić information content (AvgIpc) is 1.17. The van der Waals surface area contributed by atoms with Gasteiger partial charge in [-0.1, -0.05) is 329 Å². The molecule has 120 heavy (non-hydrogen) atoms. The molecule has 0 amide bonds. The summed E-state index contributed by atoms with van der Waals surface area (Å²) >= 11 is 1.91. The van der Waals surface area contributed by atoms with E-state index in [9.17, 15) is 0 Å². The molecule has 0 N–H and O–H groups in total. The minimum absolute atomic E-state index is 0.212. The van der Waals surface area contributed by atoms with Gasteiger partial charge in [-0.15, -0.1) is 11.3 Å². The Morgan fingerprint density at radius 3 is 1.21 bits per heavy atom. The first-order valence-corrected chi connectivity index (χ1v) is 42.5. The van der Waals surface area contributed by atoms with Crippen LogP contribution >= 0.6 is 11.3 Å². The highest BCUT2D eigenvalue weighted by Crippen LogP contribution is 2.64. The second kappa shape index (κ2) is 27.1. The summed E-state index contributed by atoms with van der Waals surface area (Å²) in [7, 11) is 0. The molecule has 25 rings (SSSR count). The maximum atomic E-state index is 2.50. The van der Waals surface area contributed by atoms with Crippen molar-refractivity contribution in [2.24, 2.45) is 0 Å². The van der Waals surface area contributed by atoms with Gasteiger partial charge in [-0.2, -0.15) is 0 Å². The molecule has 0 unspecified atom stereocenters. The summed E-state index contributed by atoms with van der Waals surface area (Å²) in [5, 5.41) is 12.6. The van der Waals surface area contributed by atoms with Gasteiger partial charge in [0.25, 0.3) is 0 Å². The van der Waals surface area contributed by atoms with Crippen molar-refractivity contribution >= 4 is 131 Å². The van der Waals surface area contributed by atoms with Crippen LogP contribution in [0, 0.1) is 0 Å². The van der Waals surface area contributed by atoms with E-state index >= 15 is 0 Å². The Labute approximate surface area is 700 Å². The van der Waals surface area contributed by atoms with Crippen molar-refractivity contribution in [1.82, 2.24) is 9.13 Å². The number of thiophene rings is 1. The summed E-state index contributed by atoms with van der Waals surface area (Å²) in [6.45, 7) is 4.84. The van der Waals surface area contributed by atoms with E-state index in [2.05, 4.69) is 470 Å². The van der Waals surface area contributed by atoms with Gasteiger partial charge in [0.05, 0.1) is 55.6 Å². The van der Waals surface area contributed by atoms with E-state index in [0.29, 0.717) is 0 Å². The molecule has 5 heterocycles. The third-order valence-electron chi connectivity index (χ3n) is 26.4. The number of rotatable bonds is 9. The number of para-hydroxylation sites is 8. The van der Waals surface area contributed by atoms with Crippen LogP contribution in [-0.2, 0) is 16.2 Å². The summed E-state index contributed by atoms with van der Waals surface area (Å²) in [4.78, 5) is 4.99. The molecule has 0 fully saturated rings. The standard InChI is InChI=1S/C59H38N2S.C56H40N2/c1-2-19-44(20-3-1)60-53-28-10-6-22-46(53)49-38-42(33-35-54(49)60)41-18-14-21-45(37-41)61-55-29-11-8-25-50(55)59(51-26-9-12-30-56(51)61,43-34-32-39-16-4-5-17-40(39)36-43)52-27-15-24-48-47-23-7-13-31-57(47)62-58(48)52;1-55(2)46-22-8-5-18-42(46)45-21-15-25-49(54(45)55)56(39-31-30-37-16-3-4-17-38(37)36-39)47-23-9-13-28-52(47)58(53-29-14-10-24-48(53)56)41-34-32-40(33-35-41)57-50-26-11-6-19-43(50)44-20-7-12-27-51(44)57/h1-38H;3-36H,1-2H3. The zero-order chi connectivity index (χ0) is 79.4. The van der Waals surface area contributed by atoms with E-state index in [0.717, 1.165) is 17.1 Å². The van der Waals surface area contributed by atoms with Crippen molar-refractivity contribution in [2.75, 3.05) is 9.80 Å². The van der Waals surface area contributed by atoms with Gasteiger partial charge < -0.3 is 18.9 Å². The first kappa shape index (κ1) is 69.4. The Balaban J connectivity index is 0.000000137. The lowest BCUT2D eigenvalue weighted by Crippen LogP contribution is -2.39. The monoisotopic (exact) mass is 1550 g/mol. The number of benzene rings is 19. The van der Waals surface area contributed by atoms with E-state index in [-0.39, 0.29) is 5.41 Å². The van der Waals surface area contributed by atoms with E-state index < -0.39 is 10.8 Å². The number of nitrogens with zero attached hydrogens (tertiary/aromatic N) is 4. The second-order valence-corrected chi connectivity index (χ2v) is 34.0. The molecule has 0 spiro atoms. The molecule has 0 saturated carbocycles. The molecule has 22 aromatic rings. The lowest BCUT2D eigenvalue weighted by molar-refractivity contribution is 0.625. The number of hydrogen-bond donors (Lipinski definition) is 0. The molecule has 3 aliphatic rings. The van der Waals surface area contributed by atoms with Crippen molar-refractivity contribution < 1.29 is 0 Å². The van der Waals surface area contributed by atoms with E-state index in [4.69, 9.17) is 0 Å². The molecule has 4 nitrogen and oxygen atoms in total. The van der Waals surface area contributed by atoms with E-state index in [1.54, 1.807) is 0 Å². The van der Waals surface area contributed by atoms with Crippen molar-refractivity contribution in [3.8, 4) is 33.6 Å². The predicted octanol–water partition coefficient (Wildman–Crippen LogP) is 30.5. The molecule has 1 aliphatic carbocycles. The van der Waals surface area contributed by atoms with Crippen LogP contribution in [0.3, 0.4) is 0 Å². The fourth-order valence-electron chi connectivity index (χ4n) is 21.4. The fourth-order valence-corrected chi connectivity index (χ4v) is 22.7. The van der Waals surface area contributed by atoms with Crippen molar-refractivity contribution in [1.29, 1.82) is 0 Å². The summed E-state index contributed by atoms with van der Waals surface area (Å²) in [5.74, 6) is 0. The molecule has 2 aliphatic heterocycles. The van der Waals surface area contributed by atoms with Crippen LogP contribution in [0.15, 0.2) is 437 Å². The normalized spacial score (nSPS) is 13.9. The summed E-state index contributed by atoms with van der Waals surface area (Å²) in [6, 6.07) is 162. The molecule has 0 bridgehead atoms. The number of anilines is 6. The highest BCUT2D eigenvalue weighted by Gasteiger charge is 2.52. The molecular formula is C115H78N4S. The molecular weight excluding hydrogens is 1470 g/mol. The smallest absolute Gasteiger partial charge is 0.0756 e. The summed E-state index contributed by atoms with van der Waals surface area (Å²) in [6.07, 6.45) is 0. The third-order valence-corrected chi connectivity index (χ3v) is 27.6. The minimum Gasteiger partial charge on any atom is -0.310 e. The van der Waals surface area contributed by atoms with Crippen LogP contribution in [0.5, 0.6) is 0 Å². The van der Waals surface area contributed by atoms with Crippen LogP contribution in [0.2, 0.25) is 0 Å². The van der Waals surface area contributed by atoms with Gasteiger partial charge in [0, 0.05) is 69.9 Å². The molecule has 5 heteroatoms.